The molecule has 1 aliphatic rings. The molecule has 1 N–H and O–H groups in total. The molecule has 3 aromatic rings. The molecular weight excluding hydrogens is 525 g/mol. The number of alkyl halides is 3. The van der Waals surface area contributed by atoms with Gasteiger partial charge in [0.1, 0.15) is 5.56 Å². The largest absolute Gasteiger partial charge is 0.478 e. The van der Waals surface area contributed by atoms with Crippen molar-refractivity contribution >= 4 is 21.4 Å². The Morgan fingerprint density at radius 2 is 1.82 bits per heavy atom. The Kier molecular flexibility index (Phi) is 7.33. The van der Waals surface area contributed by atoms with Crippen LogP contribution in [0.1, 0.15) is 58.1 Å². The monoisotopic (exact) mass is 550 g/mol. The van der Waals surface area contributed by atoms with Crippen LogP contribution in [0, 0.1) is 13.8 Å². The molecule has 1 aliphatic carbocycles. The Hall–Kier alpha value is -3.74. The standard InChI is InChI=1S/C25H25F3N4O5S/c1-13-11-18(15-7-5-8-15)30-24(36-3)20(13)37-23-19(14(2)21(31-32-23)25(26,27)28)22(33)29-16-9-6-10-17(12-16)38(4,34)35/h6,9-12,15H,5,7-8H2,1-4H3,(H,29,33). The molecule has 0 unspecified atom stereocenters. The lowest BCUT2D eigenvalue weighted by Crippen LogP contribution is -2.21. The van der Waals surface area contributed by atoms with E-state index in [4.69, 9.17) is 9.47 Å². The molecule has 13 heteroatoms. The molecule has 38 heavy (non-hydrogen) atoms. The van der Waals surface area contributed by atoms with Gasteiger partial charge in [0.15, 0.2) is 21.3 Å². The number of nitrogens with zero attached hydrogens (tertiary/aromatic N) is 3. The number of hydrogen-bond acceptors (Lipinski definition) is 8. The van der Waals surface area contributed by atoms with Crippen LogP contribution in [0.3, 0.4) is 0 Å². The van der Waals surface area contributed by atoms with Crippen LogP contribution in [-0.2, 0) is 16.0 Å². The van der Waals surface area contributed by atoms with Crippen molar-refractivity contribution < 1.29 is 35.9 Å². The first-order chi connectivity index (χ1) is 17.8. The zero-order valence-corrected chi connectivity index (χ0v) is 21.8. The third-order valence-corrected chi connectivity index (χ3v) is 7.37. The van der Waals surface area contributed by atoms with E-state index in [1.165, 1.54) is 31.4 Å². The van der Waals surface area contributed by atoms with Crippen LogP contribution in [0.25, 0.3) is 0 Å². The normalized spacial score (nSPS) is 14.1. The molecule has 1 fully saturated rings. The molecule has 202 valence electrons. The first kappa shape index (κ1) is 27.3. The van der Waals surface area contributed by atoms with Crippen molar-refractivity contribution in [2.75, 3.05) is 18.7 Å². The van der Waals surface area contributed by atoms with Gasteiger partial charge in [0.2, 0.25) is 0 Å². The highest BCUT2D eigenvalue weighted by Gasteiger charge is 2.38. The van der Waals surface area contributed by atoms with Crippen molar-refractivity contribution in [2.24, 2.45) is 0 Å². The zero-order valence-electron chi connectivity index (χ0n) is 21.0. The average molecular weight is 551 g/mol. The second kappa shape index (κ2) is 10.2. The molecule has 1 aromatic carbocycles. The fraction of sp³-hybridized carbons (Fsp3) is 0.360. The van der Waals surface area contributed by atoms with Crippen molar-refractivity contribution in [3.63, 3.8) is 0 Å². The van der Waals surface area contributed by atoms with E-state index in [9.17, 15) is 26.4 Å². The number of nitrogens with one attached hydrogen (secondary N) is 1. The molecule has 2 aromatic heterocycles. The Morgan fingerprint density at radius 3 is 2.39 bits per heavy atom. The Bertz CT molecular complexity index is 1510. The number of aromatic nitrogens is 3. The van der Waals surface area contributed by atoms with Crippen LogP contribution in [0.2, 0.25) is 0 Å². The van der Waals surface area contributed by atoms with Crippen LogP contribution >= 0.6 is 0 Å². The van der Waals surface area contributed by atoms with Gasteiger partial charge in [-0.15, -0.1) is 10.2 Å². The molecule has 1 saturated carbocycles. The lowest BCUT2D eigenvalue weighted by molar-refractivity contribution is -0.142. The van der Waals surface area contributed by atoms with E-state index >= 15 is 0 Å². The second-order valence-corrected chi connectivity index (χ2v) is 11.1. The van der Waals surface area contributed by atoms with Gasteiger partial charge in [-0.3, -0.25) is 4.79 Å². The van der Waals surface area contributed by atoms with Crippen LogP contribution in [-0.4, -0.2) is 42.9 Å². The summed E-state index contributed by atoms with van der Waals surface area (Å²) in [6, 6.07) is 7.13. The minimum absolute atomic E-state index is 0.0499. The first-order valence-electron chi connectivity index (χ1n) is 11.6. The van der Waals surface area contributed by atoms with Crippen molar-refractivity contribution in [3.8, 4) is 17.5 Å². The predicted molar refractivity (Wildman–Crippen MR) is 131 cm³/mol. The quantitative estimate of drug-likeness (QED) is 0.425. The van der Waals surface area contributed by atoms with Crippen LogP contribution < -0.4 is 14.8 Å². The Morgan fingerprint density at radius 1 is 1.11 bits per heavy atom. The number of benzene rings is 1. The molecule has 0 atom stereocenters. The lowest BCUT2D eigenvalue weighted by Gasteiger charge is -2.26. The Balaban J connectivity index is 1.77. The van der Waals surface area contributed by atoms with Gasteiger partial charge >= 0.3 is 6.18 Å². The maximum Gasteiger partial charge on any atom is 0.435 e. The number of rotatable bonds is 7. The number of carbonyl (C=O) groups excluding carboxylic acids is 1. The maximum absolute atomic E-state index is 13.6. The van der Waals surface area contributed by atoms with Gasteiger partial charge < -0.3 is 14.8 Å². The highest BCUT2D eigenvalue weighted by atomic mass is 32.2. The number of ether oxygens (including phenoxy) is 2. The summed E-state index contributed by atoms with van der Waals surface area (Å²) in [6.45, 7) is 2.80. The molecule has 4 rings (SSSR count). The smallest absolute Gasteiger partial charge is 0.435 e. The molecule has 0 saturated heterocycles. The van der Waals surface area contributed by atoms with Crippen LogP contribution in [0.15, 0.2) is 35.2 Å². The van der Waals surface area contributed by atoms with Crippen LogP contribution in [0.4, 0.5) is 18.9 Å². The predicted octanol–water partition coefficient (Wildman–Crippen LogP) is 5.23. The van der Waals surface area contributed by atoms with E-state index in [1.54, 1.807) is 6.92 Å². The molecule has 0 spiro atoms. The van der Waals surface area contributed by atoms with Crippen molar-refractivity contribution in [3.05, 3.63) is 58.4 Å². The van der Waals surface area contributed by atoms with E-state index in [1.807, 2.05) is 6.07 Å². The Labute approximate surface area is 217 Å². The number of carbonyl (C=O) groups is 1. The maximum atomic E-state index is 13.6. The summed E-state index contributed by atoms with van der Waals surface area (Å²) < 4.78 is 75.9. The fourth-order valence-corrected chi connectivity index (χ4v) is 4.70. The summed E-state index contributed by atoms with van der Waals surface area (Å²) in [7, 11) is -2.22. The summed E-state index contributed by atoms with van der Waals surface area (Å²) in [5.41, 5.74) is -0.950. The number of methoxy groups -OCH3 is 1. The van der Waals surface area contributed by atoms with E-state index in [-0.39, 0.29) is 28.1 Å². The molecule has 0 aliphatic heterocycles. The molecule has 0 radical (unpaired) electrons. The van der Waals surface area contributed by atoms with Gasteiger partial charge in [-0.25, -0.2) is 13.4 Å². The average Bonchev–Trinajstić information content (AvgIpc) is 2.78. The van der Waals surface area contributed by atoms with Crippen LogP contribution in [0.5, 0.6) is 17.5 Å². The second-order valence-electron chi connectivity index (χ2n) is 9.04. The number of anilines is 1. The molecule has 1 amide bonds. The SMILES string of the molecule is COc1nc(C2CCC2)cc(C)c1Oc1nnc(C(F)(F)F)c(C)c1C(=O)Nc1cccc(S(C)(=O)=O)c1. The number of hydrogen-bond donors (Lipinski definition) is 1. The lowest BCUT2D eigenvalue weighted by atomic mass is 9.82. The third kappa shape index (κ3) is 5.57. The highest BCUT2D eigenvalue weighted by Crippen LogP contribution is 2.42. The first-order valence-corrected chi connectivity index (χ1v) is 13.5. The zero-order chi connectivity index (χ0) is 27.8. The third-order valence-electron chi connectivity index (χ3n) is 6.26. The highest BCUT2D eigenvalue weighted by molar-refractivity contribution is 7.90. The number of pyridine rings is 1. The topological polar surface area (TPSA) is 120 Å². The minimum atomic E-state index is -4.89. The molecule has 0 bridgehead atoms. The molecular formula is C25H25F3N4O5S. The summed E-state index contributed by atoms with van der Waals surface area (Å²) in [6.07, 6.45) is -0.820. The van der Waals surface area contributed by atoms with E-state index in [0.717, 1.165) is 38.1 Å². The fourth-order valence-electron chi connectivity index (χ4n) is 4.03. The summed E-state index contributed by atoms with van der Waals surface area (Å²) in [5, 5.41) is 9.30. The summed E-state index contributed by atoms with van der Waals surface area (Å²) in [5.74, 6) is -1.03. The molecule has 2 heterocycles. The van der Waals surface area contributed by atoms with Crippen molar-refractivity contribution in [2.45, 2.75) is 50.1 Å². The summed E-state index contributed by atoms with van der Waals surface area (Å²) >= 11 is 0. The summed E-state index contributed by atoms with van der Waals surface area (Å²) in [4.78, 5) is 17.7. The number of aryl methyl sites for hydroxylation is 1. The van der Waals surface area contributed by atoms with Gasteiger partial charge in [-0.2, -0.15) is 13.2 Å². The van der Waals surface area contributed by atoms with Gasteiger partial charge in [0.25, 0.3) is 17.7 Å². The van der Waals surface area contributed by atoms with Gasteiger partial charge in [0, 0.05) is 23.6 Å². The van der Waals surface area contributed by atoms with Crippen molar-refractivity contribution in [1.29, 1.82) is 0 Å². The van der Waals surface area contributed by atoms with Gasteiger partial charge in [-0.1, -0.05) is 12.5 Å². The van der Waals surface area contributed by atoms with E-state index in [0.29, 0.717) is 5.56 Å². The number of amides is 1. The van der Waals surface area contributed by atoms with Gasteiger partial charge in [0.05, 0.1) is 12.0 Å². The van der Waals surface area contributed by atoms with Gasteiger partial charge in [-0.05, 0) is 62.1 Å². The van der Waals surface area contributed by atoms with E-state index in [2.05, 4.69) is 20.5 Å². The van der Waals surface area contributed by atoms with Crippen molar-refractivity contribution in [1.82, 2.24) is 15.2 Å². The number of halogens is 3. The van der Waals surface area contributed by atoms with E-state index < -0.39 is 44.6 Å². The molecule has 9 nitrogen and oxygen atoms in total. The number of sulfone groups is 1. The minimum Gasteiger partial charge on any atom is -0.478 e.